The molecule has 0 saturated heterocycles. The smallest absolute Gasteiger partial charge is 0.193 e. The molecule has 8 heteroatoms. The minimum absolute atomic E-state index is 0. The predicted molar refractivity (Wildman–Crippen MR) is 123 cm³/mol. The molecule has 3 rings (SSSR count). The Balaban J connectivity index is 0.00000261. The number of guanidine groups is 1. The van der Waals surface area contributed by atoms with E-state index in [0.29, 0.717) is 13.1 Å². The van der Waals surface area contributed by atoms with Gasteiger partial charge >= 0.3 is 0 Å². The van der Waals surface area contributed by atoms with Gasteiger partial charge in [0.05, 0.1) is 18.8 Å². The van der Waals surface area contributed by atoms with Gasteiger partial charge in [-0.15, -0.1) is 35.3 Å². The van der Waals surface area contributed by atoms with Crippen LogP contribution >= 0.6 is 35.3 Å². The molecular weight excluding hydrogens is 473 g/mol. The van der Waals surface area contributed by atoms with Crippen molar-refractivity contribution in [1.82, 2.24) is 20.0 Å². The van der Waals surface area contributed by atoms with Gasteiger partial charge in [0.15, 0.2) is 10.9 Å². The maximum absolute atomic E-state index is 5.96. The Bertz CT molecular complexity index is 847. The number of benzene rings is 1. The van der Waals surface area contributed by atoms with Crippen molar-refractivity contribution in [2.24, 2.45) is 4.99 Å². The summed E-state index contributed by atoms with van der Waals surface area (Å²) in [5, 5.41) is 8.62. The summed E-state index contributed by atoms with van der Waals surface area (Å²) >= 11 is 1.62. The number of nitrogens with one attached hydrogen (secondary N) is 2. The fraction of sp³-hybridized carbons (Fsp3) is 0.368. The lowest BCUT2D eigenvalue weighted by molar-refractivity contribution is 0.223. The number of aromatic nitrogens is 2. The highest BCUT2D eigenvalue weighted by atomic mass is 127. The zero-order chi connectivity index (χ0) is 18.4. The molecule has 27 heavy (non-hydrogen) atoms. The molecule has 0 amide bonds. The van der Waals surface area contributed by atoms with Crippen LogP contribution in [0.25, 0.3) is 4.96 Å². The molecular formula is C19H26IN5OS. The van der Waals surface area contributed by atoms with Crippen LogP contribution < -0.4 is 15.4 Å². The van der Waals surface area contributed by atoms with Gasteiger partial charge in [-0.05, 0) is 38.5 Å². The Kier molecular flexibility index (Phi) is 8.36. The van der Waals surface area contributed by atoms with Crippen LogP contribution in [0.2, 0.25) is 0 Å². The van der Waals surface area contributed by atoms with Crippen LogP contribution in [0.15, 0.2) is 47.0 Å². The highest BCUT2D eigenvalue weighted by Crippen LogP contribution is 2.14. The van der Waals surface area contributed by atoms with Gasteiger partial charge in [-0.25, -0.2) is 9.98 Å². The Morgan fingerprint density at radius 3 is 2.96 bits per heavy atom. The lowest BCUT2D eigenvalue weighted by Crippen LogP contribution is -2.41. The number of hydrogen-bond donors (Lipinski definition) is 2. The van der Waals surface area contributed by atoms with Crippen molar-refractivity contribution in [1.29, 1.82) is 0 Å². The third-order valence-corrected chi connectivity index (χ3v) is 4.54. The van der Waals surface area contributed by atoms with E-state index in [9.17, 15) is 0 Å². The number of thiazole rings is 1. The van der Waals surface area contributed by atoms with E-state index in [4.69, 9.17) is 4.74 Å². The van der Waals surface area contributed by atoms with Crippen molar-refractivity contribution in [2.75, 3.05) is 13.1 Å². The number of imidazole rings is 1. The van der Waals surface area contributed by atoms with Crippen LogP contribution in [0.3, 0.4) is 0 Å². The first-order chi connectivity index (χ1) is 12.6. The molecule has 0 radical (unpaired) electrons. The van der Waals surface area contributed by atoms with Gasteiger partial charge in [0.1, 0.15) is 11.9 Å². The SMILES string of the molecule is CCNC(=NCc1cn2ccsc2n1)NCC(C)Oc1cccc(C)c1.I. The van der Waals surface area contributed by atoms with E-state index in [1.165, 1.54) is 5.56 Å². The molecule has 0 aliphatic rings. The van der Waals surface area contributed by atoms with Gasteiger partial charge in [0.2, 0.25) is 0 Å². The second-order valence-corrected chi connectivity index (χ2v) is 7.02. The molecule has 146 valence electrons. The van der Waals surface area contributed by atoms with E-state index in [0.717, 1.165) is 28.9 Å². The van der Waals surface area contributed by atoms with Crippen molar-refractivity contribution < 1.29 is 4.74 Å². The molecule has 1 unspecified atom stereocenters. The normalized spacial score (nSPS) is 12.5. The highest BCUT2D eigenvalue weighted by molar-refractivity contribution is 14.0. The third kappa shape index (κ3) is 6.39. The molecule has 6 nitrogen and oxygen atoms in total. The van der Waals surface area contributed by atoms with Crippen LogP contribution in [-0.2, 0) is 6.54 Å². The van der Waals surface area contributed by atoms with Crippen molar-refractivity contribution in [2.45, 2.75) is 33.4 Å². The average Bonchev–Trinajstić information content (AvgIpc) is 3.19. The summed E-state index contributed by atoms with van der Waals surface area (Å²) in [6.07, 6.45) is 4.05. The number of rotatable bonds is 7. The minimum Gasteiger partial charge on any atom is -0.489 e. The quantitative estimate of drug-likeness (QED) is 0.295. The number of halogens is 1. The second kappa shape index (κ2) is 10.5. The molecule has 2 N–H and O–H groups in total. The van der Waals surface area contributed by atoms with Gasteiger partial charge in [-0.2, -0.15) is 0 Å². The van der Waals surface area contributed by atoms with E-state index in [2.05, 4.69) is 40.5 Å². The van der Waals surface area contributed by atoms with Crippen LogP contribution in [0.1, 0.15) is 25.1 Å². The van der Waals surface area contributed by atoms with Crippen molar-refractivity contribution >= 4 is 46.2 Å². The van der Waals surface area contributed by atoms with Gasteiger partial charge in [-0.3, -0.25) is 4.40 Å². The number of aryl methyl sites for hydroxylation is 1. The Morgan fingerprint density at radius 1 is 1.37 bits per heavy atom. The molecule has 1 atom stereocenters. The van der Waals surface area contributed by atoms with Crippen molar-refractivity contribution in [3.63, 3.8) is 0 Å². The maximum Gasteiger partial charge on any atom is 0.193 e. The third-order valence-electron chi connectivity index (χ3n) is 3.77. The van der Waals surface area contributed by atoms with Crippen LogP contribution in [-0.4, -0.2) is 34.5 Å². The zero-order valence-corrected chi connectivity index (χ0v) is 19.0. The molecule has 0 fully saturated rings. The molecule has 0 bridgehead atoms. The Morgan fingerprint density at radius 2 is 2.22 bits per heavy atom. The Hall–Kier alpha value is -1.81. The molecule has 0 aliphatic carbocycles. The van der Waals surface area contributed by atoms with Gasteiger partial charge < -0.3 is 15.4 Å². The summed E-state index contributed by atoms with van der Waals surface area (Å²) in [4.78, 5) is 10.2. The van der Waals surface area contributed by atoms with E-state index < -0.39 is 0 Å². The first kappa shape index (κ1) is 21.5. The molecule has 2 aromatic heterocycles. The predicted octanol–water partition coefficient (Wildman–Crippen LogP) is 3.84. The van der Waals surface area contributed by atoms with E-state index in [1.54, 1.807) is 11.3 Å². The molecule has 0 spiro atoms. The fourth-order valence-electron chi connectivity index (χ4n) is 2.56. The van der Waals surface area contributed by atoms with Gasteiger partial charge in [0, 0.05) is 24.3 Å². The molecule has 0 aliphatic heterocycles. The summed E-state index contributed by atoms with van der Waals surface area (Å²) in [5.74, 6) is 1.66. The van der Waals surface area contributed by atoms with Crippen LogP contribution in [0, 0.1) is 6.92 Å². The Labute approximate surface area is 181 Å². The zero-order valence-electron chi connectivity index (χ0n) is 15.8. The number of hydrogen-bond acceptors (Lipinski definition) is 4. The van der Waals surface area contributed by atoms with E-state index in [1.807, 2.05) is 47.3 Å². The standard InChI is InChI=1S/C19H25N5OS.HI/c1-4-20-18(22-12-16-13-24-8-9-26-19(24)23-16)21-11-15(3)25-17-7-5-6-14(2)10-17;/h5-10,13,15H,4,11-12H2,1-3H3,(H2,20,21,22);1H. The van der Waals surface area contributed by atoms with E-state index in [-0.39, 0.29) is 30.1 Å². The highest BCUT2D eigenvalue weighted by Gasteiger charge is 2.07. The summed E-state index contributed by atoms with van der Waals surface area (Å²) < 4.78 is 7.98. The molecule has 1 aromatic carbocycles. The second-order valence-electron chi connectivity index (χ2n) is 6.15. The average molecular weight is 499 g/mol. The lowest BCUT2D eigenvalue weighted by Gasteiger charge is -2.17. The number of nitrogens with zero attached hydrogens (tertiary/aromatic N) is 3. The van der Waals surface area contributed by atoms with Crippen LogP contribution in [0.4, 0.5) is 0 Å². The van der Waals surface area contributed by atoms with Crippen molar-refractivity contribution in [3.05, 3.63) is 53.3 Å². The van der Waals surface area contributed by atoms with Crippen LogP contribution in [0.5, 0.6) is 5.75 Å². The number of aliphatic imine (C=N–C) groups is 1. The topological polar surface area (TPSA) is 63.0 Å². The lowest BCUT2D eigenvalue weighted by atomic mass is 10.2. The number of ether oxygens (including phenoxy) is 1. The summed E-state index contributed by atoms with van der Waals surface area (Å²) in [5.41, 5.74) is 2.15. The summed E-state index contributed by atoms with van der Waals surface area (Å²) in [6.45, 7) is 8.16. The first-order valence-corrected chi connectivity index (χ1v) is 9.68. The van der Waals surface area contributed by atoms with Gasteiger partial charge in [-0.1, -0.05) is 12.1 Å². The monoisotopic (exact) mass is 499 g/mol. The largest absolute Gasteiger partial charge is 0.489 e. The van der Waals surface area contributed by atoms with Crippen molar-refractivity contribution in [3.8, 4) is 5.75 Å². The minimum atomic E-state index is 0. The number of fused-ring (bicyclic) bond motifs is 1. The van der Waals surface area contributed by atoms with E-state index >= 15 is 0 Å². The molecule has 2 heterocycles. The maximum atomic E-state index is 5.96. The summed E-state index contributed by atoms with van der Waals surface area (Å²) in [7, 11) is 0. The molecule has 0 saturated carbocycles. The first-order valence-electron chi connectivity index (χ1n) is 8.80. The molecule has 3 aromatic rings. The summed E-state index contributed by atoms with van der Waals surface area (Å²) in [6, 6.07) is 8.09. The van der Waals surface area contributed by atoms with Gasteiger partial charge in [0.25, 0.3) is 0 Å². The fourth-order valence-corrected chi connectivity index (χ4v) is 3.28.